The first-order valence-electron chi connectivity index (χ1n) is 8.14. The fraction of sp³-hybridized carbons (Fsp3) is 0.227. The number of nitriles is 1. The first kappa shape index (κ1) is 18.3. The van der Waals surface area contributed by atoms with Crippen LogP contribution in [0.1, 0.15) is 48.4 Å². The van der Waals surface area contributed by atoms with Crippen molar-refractivity contribution in [1.29, 1.82) is 5.26 Å². The Morgan fingerprint density at radius 2 is 1.56 bits per heavy atom. The number of halogens is 2. The van der Waals surface area contributed by atoms with Gasteiger partial charge in [0.1, 0.15) is 11.6 Å². The number of hydrogen-bond acceptors (Lipinski definition) is 1. The van der Waals surface area contributed by atoms with E-state index in [0.717, 1.165) is 25.0 Å². The molecule has 0 bridgehead atoms. The van der Waals surface area contributed by atoms with E-state index in [-0.39, 0.29) is 11.1 Å². The van der Waals surface area contributed by atoms with Gasteiger partial charge < -0.3 is 0 Å². The fourth-order valence-electron chi connectivity index (χ4n) is 2.33. The van der Waals surface area contributed by atoms with Crippen molar-refractivity contribution in [3.8, 4) is 29.8 Å². The number of nitrogens with zero attached hydrogens (tertiary/aromatic N) is 1. The maximum absolute atomic E-state index is 14.0. The molecule has 0 aliphatic rings. The summed E-state index contributed by atoms with van der Waals surface area (Å²) in [6.07, 6.45) is 4.56. The van der Waals surface area contributed by atoms with Gasteiger partial charge in [-0.05, 0) is 42.7 Å². The van der Waals surface area contributed by atoms with Crippen LogP contribution in [-0.2, 0) is 6.42 Å². The Bertz CT molecular complexity index is 874. The molecule has 0 spiro atoms. The van der Waals surface area contributed by atoms with E-state index < -0.39 is 11.6 Å². The Kier molecular flexibility index (Phi) is 6.76. The Hall–Kier alpha value is -3.09. The van der Waals surface area contributed by atoms with Crippen LogP contribution in [0.2, 0.25) is 0 Å². The van der Waals surface area contributed by atoms with E-state index in [2.05, 4.69) is 30.6 Å². The number of unbranched alkanes of at least 4 members (excludes halogenated alkanes) is 2. The molecule has 2 aromatic carbocycles. The first-order valence-corrected chi connectivity index (χ1v) is 8.14. The zero-order chi connectivity index (χ0) is 18.1. The SMILES string of the molecule is CCCCCc1ccc(C#Cc2c(F)cc(C#CC#N)cc2F)cc1. The topological polar surface area (TPSA) is 23.8 Å². The van der Waals surface area contributed by atoms with Crippen LogP contribution in [0, 0.1) is 46.6 Å². The third kappa shape index (κ3) is 5.49. The van der Waals surface area contributed by atoms with Gasteiger partial charge in [-0.15, -0.1) is 0 Å². The van der Waals surface area contributed by atoms with Crippen LogP contribution in [0.4, 0.5) is 8.78 Å². The summed E-state index contributed by atoms with van der Waals surface area (Å²) in [6.45, 7) is 2.17. The van der Waals surface area contributed by atoms with Crippen LogP contribution >= 0.6 is 0 Å². The van der Waals surface area contributed by atoms with Crippen LogP contribution in [-0.4, -0.2) is 0 Å². The molecule has 0 aliphatic heterocycles. The Balaban J connectivity index is 2.17. The molecule has 0 amide bonds. The summed E-state index contributed by atoms with van der Waals surface area (Å²) >= 11 is 0. The van der Waals surface area contributed by atoms with Crippen LogP contribution in [0.3, 0.4) is 0 Å². The van der Waals surface area contributed by atoms with Gasteiger partial charge in [0, 0.05) is 17.0 Å². The highest BCUT2D eigenvalue weighted by Crippen LogP contribution is 2.14. The smallest absolute Gasteiger partial charge is 0.152 e. The van der Waals surface area contributed by atoms with Gasteiger partial charge in [-0.2, -0.15) is 5.26 Å². The molecule has 0 fully saturated rings. The molecule has 0 atom stereocenters. The Morgan fingerprint density at radius 3 is 2.16 bits per heavy atom. The molecule has 0 radical (unpaired) electrons. The third-order valence-corrected chi connectivity index (χ3v) is 3.66. The number of aryl methyl sites for hydroxylation is 1. The predicted octanol–water partition coefficient (Wildman–Crippen LogP) is 4.97. The van der Waals surface area contributed by atoms with Crippen LogP contribution in [0.25, 0.3) is 0 Å². The minimum Gasteiger partial charge on any atom is -0.205 e. The predicted molar refractivity (Wildman–Crippen MR) is 94.5 cm³/mol. The Morgan fingerprint density at radius 1 is 0.880 bits per heavy atom. The number of benzene rings is 2. The molecular formula is C22H17F2N. The summed E-state index contributed by atoms with van der Waals surface area (Å²) in [6, 6.07) is 11.5. The molecule has 1 nitrogen and oxygen atoms in total. The molecule has 0 saturated heterocycles. The highest BCUT2D eigenvalue weighted by atomic mass is 19.1. The molecule has 3 heteroatoms. The lowest BCUT2D eigenvalue weighted by atomic mass is 10.1. The Labute approximate surface area is 147 Å². The first-order chi connectivity index (χ1) is 12.1. The van der Waals surface area contributed by atoms with E-state index in [4.69, 9.17) is 5.26 Å². The van der Waals surface area contributed by atoms with Crippen molar-refractivity contribution in [2.24, 2.45) is 0 Å². The molecule has 2 aromatic rings. The molecule has 0 saturated carbocycles. The second kappa shape index (κ2) is 9.27. The van der Waals surface area contributed by atoms with Crippen molar-refractivity contribution in [2.45, 2.75) is 32.6 Å². The summed E-state index contributed by atoms with van der Waals surface area (Å²) in [4.78, 5) is 0. The average Bonchev–Trinajstić information content (AvgIpc) is 2.60. The normalized spacial score (nSPS) is 9.36. The van der Waals surface area contributed by atoms with Crippen molar-refractivity contribution >= 4 is 0 Å². The zero-order valence-corrected chi connectivity index (χ0v) is 14.0. The zero-order valence-electron chi connectivity index (χ0n) is 14.0. The van der Waals surface area contributed by atoms with Gasteiger partial charge in [0.25, 0.3) is 0 Å². The largest absolute Gasteiger partial charge is 0.205 e. The molecule has 0 aromatic heterocycles. The second-order valence-corrected chi connectivity index (χ2v) is 5.58. The maximum Gasteiger partial charge on any atom is 0.152 e. The van der Waals surface area contributed by atoms with Crippen LogP contribution in [0.15, 0.2) is 36.4 Å². The third-order valence-electron chi connectivity index (χ3n) is 3.66. The van der Waals surface area contributed by atoms with Crippen molar-refractivity contribution in [1.82, 2.24) is 0 Å². The molecule has 2 rings (SSSR count). The van der Waals surface area contributed by atoms with Gasteiger partial charge >= 0.3 is 0 Å². The molecule has 0 heterocycles. The summed E-state index contributed by atoms with van der Waals surface area (Å²) < 4.78 is 28.0. The van der Waals surface area contributed by atoms with E-state index in [0.29, 0.717) is 5.56 Å². The van der Waals surface area contributed by atoms with Crippen molar-refractivity contribution in [3.63, 3.8) is 0 Å². The van der Waals surface area contributed by atoms with E-state index in [1.165, 1.54) is 18.4 Å². The van der Waals surface area contributed by atoms with Gasteiger partial charge in [0.15, 0.2) is 6.07 Å². The van der Waals surface area contributed by atoms with Gasteiger partial charge in [0.05, 0.1) is 5.56 Å². The quantitative estimate of drug-likeness (QED) is 0.572. The summed E-state index contributed by atoms with van der Waals surface area (Å²) in [5.41, 5.74) is 1.75. The van der Waals surface area contributed by atoms with Gasteiger partial charge in [-0.1, -0.05) is 49.7 Å². The van der Waals surface area contributed by atoms with Gasteiger partial charge in [-0.3, -0.25) is 0 Å². The molecule has 0 aliphatic carbocycles. The molecular weight excluding hydrogens is 316 g/mol. The average molecular weight is 333 g/mol. The van der Waals surface area contributed by atoms with Crippen LogP contribution < -0.4 is 0 Å². The van der Waals surface area contributed by atoms with Gasteiger partial charge in [-0.25, -0.2) is 8.78 Å². The number of hydrogen-bond donors (Lipinski definition) is 0. The lowest BCUT2D eigenvalue weighted by molar-refractivity contribution is 0.577. The summed E-state index contributed by atoms with van der Waals surface area (Å²) in [5, 5.41) is 8.38. The molecule has 0 unspecified atom stereocenters. The fourth-order valence-corrected chi connectivity index (χ4v) is 2.33. The molecule has 25 heavy (non-hydrogen) atoms. The summed E-state index contributed by atoms with van der Waals surface area (Å²) in [7, 11) is 0. The molecule has 0 N–H and O–H groups in total. The summed E-state index contributed by atoms with van der Waals surface area (Å²) in [5.74, 6) is 8.22. The van der Waals surface area contributed by atoms with Crippen molar-refractivity contribution in [2.75, 3.05) is 0 Å². The minimum absolute atomic E-state index is 0.110. The van der Waals surface area contributed by atoms with Crippen LogP contribution in [0.5, 0.6) is 0 Å². The minimum atomic E-state index is -0.786. The highest BCUT2D eigenvalue weighted by Gasteiger charge is 2.08. The molecule has 124 valence electrons. The van der Waals surface area contributed by atoms with E-state index >= 15 is 0 Å². The van der Waals surface area contributed by atoms with E-state index in [1.807, 2.05) is 24.3 Å². The highest BCUT2D eigenvalue weighted by molar-refractivity contribution is 5.48. The monoisotopic (exact) mass is 333 g/mol. The standard InChI is InChI=1S/C22H17F2N/c1-2-3-4-6-17-8-10-18(11-9-17)12-13-20-21(23)15-19(7-5-14-25)16-22(20)24/h8-11,15-16H,2-4,6H2,1H3. The number of rotatable bonds is 4. The lowest BCUT2D eigenvalue weighted by Crippen LogP contribution is -1.92. The van der Waals surface area contributed by atoms with E-state index in [9.17, 15) is 8.78 Å². The second-order valence-electron chi connectivity index (χ2n) is 5.58. The van der Waals surface area contributed by atoms with Gasteiger partial charge in [0.2, 0.25) is 0 Å². The lowest BCUT2D eigenvalue weighted by Gasteiger charge is -2.01. The van der Waals surface area contributed by atoms with Crippen molar-refractivity contribution in [3.05, 3.63) is 70.3 Å². The van der Waals surface area contributed by atoms with E-state index in [1.54, 1.807) is 6.07 Å². The maximum atomic E-state index is 14.0. The van der Waals surface area contributed by atoms with Crippen molar-refractivity contribution < 1.29 is 8.78 Å².